The van der Waals surface area contributed by atoms with Gasteiger partial charge in [-0.05, 0) is 18.4 Å². The minimum absolute atomic E-state index is 0.0647. The van der Waals surface area contributed by atoms with E-state index in [4.69, 9.17) is 16.9 Å². The number of rotatable bonds is 8. The van der Waals surface area contributed by atoms with Crippen LogP contribution >= 0.6 is 11.6 Å². The topological polar surface area (TPSA) is 64.9 Å². The molecule has 0 bridgehead atoms. The lowest BCUT2D eigenvalue weighted by molar-refractivity contribution is -0.117. The number of carbonyl (C=O) groups is 1. The second-order valence-electron chi connectivity index (χ2n) is 4.16. The number of aryl methyl sites for hydroxylation is 1. The van der Waals surface area contributed by atoms with E-state index in [-0.39, 0.29) is 5.57 Å². The summed E-state index contributed by atoms with van der Waals surface area (Å²) in [6.07, 6.45) is 3.35. The number of nitrogens with one attached hydrogen (secondary N) is 2. The van der Waals surface area contributed by atoms with Gasteiger partial charge in [-0.25, -0.2) is 0 Å². The molecule has 0 saturated carbocycles. The highest BCUT2D eigenvalue weighted by Gasteiger charge is 2.06. The SMILES string of the molecule is N#C/C(=C/NCCCc1ccccc1)C(=O)NCCCl. The Morgan fingerprint density at radius 3 is 2.70 bits per heavy atom. The molecular formula is C15H18ClN3O. The zero-order valence-electron chi connectivity index (χ0n) is 11.2. The van der Waals surface area contributed by atoms with Crippen LogP contribution in [0, 0.1) is 11.3 Å². The van der Waals surface area contributed by atoms with Gasteiger partial charge in [0.25, 0.3) is 5.91 Å². The summed E-state index contributed by atoms with van der Waals surface area (Å²) in [6.45, 7) is 1.07. The summed E-state index contributed by atoms with van der Waals surface area (Å²) in [6, 6.07) is 12.0. The summed E-state index contributed by atoms with van der Waals surface area (Å²) in [4.78, 5) is 11.5. The molecule has 0 saturated heterocycles. The molecule has 0 aromatic heterocycles. The molecule has 2 N–H and O–H groups in total. The molecule has 20 heavy (non-hydrogen) atoms. The van der Waals surface area contributed by atoms with Gasteiger partial charge in [0.15, 0.2) is 0 Å². The molecule has 1 aromatic carbocycles. The molecule has 1 aromatic rings. The van der Waals surface area contributed by atoms with Gasteiger partial charge >= 0.3 is 0 Å². The van der Waals surface area contributed by atoms with Crippen molar-refractivity contribution in [1.82, 2.24) is 10.6 Å². The summed E-state index contributed by atoms with van der Waals surface area (Å²) in [5.74, 6) is -0.0710. The molecule has 106 valence electrons. The Hall–Kier alpha value is -1.99. The van der Waals surface area contributed by atoms with Gasteiger partial charge in [-0.1, -0.05) is 30.3 Å². The van der Waals surface area contributed by atoms with Crippen molar-refractivity contribution in [2.75, 3.05) is 19.0 Å². The Kier molecular flexibility index (Phi) is 7.93. The second kappa shape index (κ2) is 9.88. The highest BCUT2D eigenvalue weighted by molar-refractivity contribution is 6.18. The number of hydrogen-bond acceptors (Lipinski definition) is 3. The Morgan fingerprint density at radius 1 is 1.30 bits per heavy atom. The smallest absolute Gasteiger partial charge is 0.263 e. The molecule has 0 spiro atoms. The quantitative estimate of drug-likeness (QED) is 0.333. The fourth-order valence-corrected chi connectivity index (χ4v) is 1.71. The third kappa shape index (κ3) is 6.26. The van der Waals surface area contributed by atoms with E-state index in [1.165, 1.54) is 11.8 Å². The van der Waals surface area contributed by atoms with Crippen LogP contribution in [0.1, 0.15) is 12.0 Å². The molecule has 0 heterocycles. The number of nitriles is 1. The third-order valence-electron chi connectivity index (χ3n) is 2.62. The molecule has 0 radical (unpaired) electrons. The van der Waals surface area contributed by atoms with Crippen molar-refractivity contribution in [2.45, 2.75) is 12.8 Å². The summed E-state index contributed by atoms with van der Waals surface area (Å²) >= 11 is 5.46. The molecule has 4 nitrogen and oxygen atoms in total. The fourth-order valence-electron chi connectivity index (χ4n) is 1.62. The van der Waals surface area contributed by atoms with Crippen LogP contribution in [0.25, 0.3) is 0 Å². The molecular weight excluding hydrogens is 274 g/mol. The first-order valence-electron chi connectivity index (χ1n) is 6.49. The van der Waals surface area contributed by atoms with Crippen LogP contribution in [0.5, 0.6) is 0 Å². The second-order valence-corrected chi connectivity index (χ2v) is 4.54. The summed E-state index contributed by atoms with van der Waals surface area (Å²) in [5, 5.41) is 14.4. The molecule has 0 aliphatic heterocycles. The van der Waals surface area contributed by atoms with E-state index in [1.54, 1.807) is 0 Å². The Labute approximate surface area is 124 Å². The van der Waals surface area contributed by atoms with Crippen molar-refractivity contribution < 1.29 is 4.79 Å². The Bertz CT molecular complexity index is 480. The minimum atomic E-state index is -0.399. The molecule has 5 heteroatoms. The van der Waals surface area contributed by atoms with Crippen LogP contribution in [-0.4, -0.2) is 24.9 Å². The molecule has 0 fully saturated rings. The van der Waals surface area contributed by atoms with Gasteiger partial charge in [0.2, 0.25) is 0 Å². The normalized spacial score (nSPS) is 10.7. The molecule has 0 aliphatic rings. The number of hydrogen-bond donors (Lipinski definition) is 2. The maximum atomic E-state index is 11.5. The van der Waals surface area contributed by atoms with Crippen molar-refractivity contribution in [3.63, 3.8) is 0 Å². The molecule has 1 amide bonds. The third-order valence-corrected chi connectivity index (χ3v) is 2.81. The van der Waals surface area contributed by atoms with E-state index < -0.39 is 5.91 Å². The molecule has 0 atom stereocenters. The number of alkyl halides is 1. The van der Waals surface area contributed by atoms with Crippen LogP contribution in [0.2, 0.25) is 0 Å². The predicted molar refractivity (Wildman–Crippen MR) is 80.2 cm³/mol. The maximum absolute atomic E-state index is 11.5. The Morgan fingerprint density at radius 2 is 2.05 bits per heavy atom. The van der Waals surface area contributed by atoms with Gasteiger partial charge in [0.1, 0.15) is 11.6 Å². The van der Waals surface area contributed by atoms with Gasteiger partial charge in [-0.15, -0.1) is 11.6 Å². The van der Waals surface area contributed by atoms with Crippen LogP contribution < -0.4 is 10.6 Å². The number of nitrogens with zero attached hydrogens (tertiary/aromatic N) is 1. The lowest BCUT2D eigenvalue weighted by Crippen LogP contribution is -2.27. The minimum Gasteiger partial charge on any atom is -0.390 e. The zero-order valence-corrected chi connectivity index (χ0v) is 12.0. The first-order valence-corrected chi connectivity index (χ1v) is 7.03. The summed E-state index contributed by atoms with van der Waals surface area (Å²) < 4.78 is 0. The summed E-state index contributed by atoms with van der Waals surface area (Å²) in [5.41, 5.74) is 1.34. The van der Waals surface area contributed by atoms with Gasteiger partial charge in [0, 0.05) is 25.2 Å². The standard InChI is InChI=1S/C15H18ClN3O/c16-8-10-19-15(20)14(11-17)12-18-9-4-7-13-5-2-1-3-6-13/h1-3,5-6,12,18H,4,7-10H2,(H,19,20)/b14-12-. The van der Waals surface area contributed by atoms with Crippen LogP contribution in [0.15, 0.2) is 42.1 Å². The van der Waals surface area contributed by atoms with Crippen LogP contribution in [0.3, 0.4) is 0 Å². The predicted octanol–water partition coefficient (Wildman–Crippen LogP) is 1.97. The monoisotopic (exact) mass is 291 g/mol. The van der Waals surface area contributed by atoms with Gasteiger partial charge in [-0.2, -0.15) is 5.26 Å². The zero-order chi connectivity index (χ0) is 14.6. The van der Waals surface area contributed by atoms with E-state index in [0.29, 0.717) is 19.0 Å². The van der Waals surface area contributed by atoms with E-state index >= 15 is 0 Å². The number of carbonyl (C=O) groups excluding carboxylic acids is 1. The largest absolute Gasteiger partial charge is 0.390 e. The molecule has 0 unspecified atom stereocenters. The lowest BCUT2D eigenvalue weighted by atomic mass is 10.1. The van der Waals surface area contributed by atoms with E-state index in [9.17, 15) is 4.79 Å². The average molecular weight is 292 g/mol. The number of halogens is 1. The maximum Gasteiger partial charge on any atom is 0.263 e. The van der Waals surface area contributed by atoms with Crippen LogP contribution in [0.4, 0.5) is 0 Å². The molecule has 0 aliphatic carbocycles. The van der Waals surface area contributed by atoms with Crippen molar-refractivity contribution >= 4 is 17.5 Å². The lowest BCUT2D eigenvalue weighted by Gasteiger charge is -2.04. The van der Waals surface area contributed by atoms with Crippen molar-refractivity contribution in [1.29, 1.82) is 5.26 Å². The van der Waals surface area contributed by atoms with Crippen LogP contribution in [-0.2, 0) is 11.2 Å². The number of benzene rings is 1. The van der Waals surface area contributed by atoms with Crippen molar-refractivity contribution in [2.24, 2.45) is 0 Å². The highest BCUT2D eigenvalue weighted by Crippen LogP contribution is 2.01. The van der Waals surface area contributed by atoms with Gasteiger partial charge in [-0.3, -0.25) is 4.79 Å². The molecule has 1 rings (SSSR count). The van der Waals surface area contributed by atoms with E-state index in [2.05, 4.69) is 22.8 Å². The number of amides is 1. The van der Waals surface area contributed by atoms with Gasteiger partial charge in [0.05, 0.1) is 0 Å². The Balaban J connectivity index is 2.28. The first-order chi connectivity index (χ1) is 9.77. The summed E-state index contributed by atoms with van der Waals surface area (Å²) in [7, 11) is 0. The van der Waals surface area contributed by atoms with E-state index in [1.807, 2.05) is 24.3 Å². The first kappa shape index (κ1) is 16.1. The average Bonchev–Trinajstić information content (AvgIpc) is 2.49. The van der Waals surface area contributed by atoms with Crippen molar-refractivity contribution in [3.8, 4) is 6.07 Å². The van der Waals surface area contributed by atoms with Crippen molar-refractivity contribution in [3.05, 3.63) is 47.7 Å². The fraction of sp³-hybridized carbons (Fsp3) is 0.333. The van der Waals surface area contributed by atoms with Gasteiger partial charge < -0.3 is 10.6 Å². The van der Waals surface area contributed by atoms with E-state index in [0.717, 1.165) is 12.8 Å². The highest BCUT2D eigenvalue weighted by atomic mass is 35.5.